The second-order valence-electron chi connectivity index (χ2n) is 6.78. The van der Waals surface area contributed by atoms with Crippen LogP contribution in [-0.2, 0) is 16.0 Å². The lowest BCUT2D eigenvalue weighted by Gasteiger charge is -2.31. The molecule has 1 aromatic carbocycles. The highest BCUT2D eigenvalue weighted by molar-refractivity contribution is 7.13. The fourth-order valence-corrected chi connectivity index (χ4v) is 4.15. The van der Waals surface area contributed by atoms with Crippen LogP contribution in [0.1, 0.15) is 32.4 Å². The van der Waals surface area contributed by atoms with Crippen molar-refractivity contribution in [1.29, 1.82) is 0 Å². The average molecular weight is 418 g/mol. The summed E-state index contributed by atoms with van der Waals surface area (Å²) in [6, 6.07) is 7.86. The van der Waals surface area contributed by atoms with Gasteiger partial charge in [-0.15, -0.1) is 11.3 Å². The summed E-state index contributed by atoms with van der Waals surface area (Å²) in [5.41, 5.74) is 1.69. The molecule has 0 saturated carbocycles. The maximum atomic E-state index is 12.4. The number of rotatable bonds is 7. The Morgan fingerprint density at radius 2 is 1.97 bits per heavy atom. The van der Waals surface area contributed by atoms with Crippen LogP contribution in [0.2, 0.25) is 0 Å². The van der Waals surface area contributed by atoms with Gasteiger partial charge in [-0.1, -0.05) is 12.1 Å². The monoisotopic (exact) mass is 417 g/mol. The Morgan fingerprint density at radius 3 is 2.69 bits per heavy atom. The van der Waals surface area contributed by atoms with E-state index < -0.39 is 0 Å². The van der Waals surface area contributed by atoms with Gasteiger partial charge in [0.15, 0.2) is 0 Å². The van der Waals surface area contributed by atoms with Crippen molar-refractivity contribution >= 4 is 23.3 Å². The molecule has 1 aromatic heterocycles. The number of nitrogens with zero attached hydrogens (tertiary/aromatic N) is 2. The summed E-state index contributed by atoms with van der Waals surface area (Å²) in [4.78, 5) is 30.5. The number of carbonyl (C=O) groups excluding carboxylic acids is 2. The summed E-state index contributed by atoms with van der Waals surface area (Å²) in [5.74, 6) is 0.753. The Labute approximate surface area is 175 Å². The number of benzene rings is 1. The van der Waals surface area contributed by atoms with Gasteiger partial charge >= 0.3 is 6.09 Å². The number of hydrogen-bond donors (Lipinski definition) is 1. The quantitative estimate of drug-likeness (QED) is 0.746. The molecule has 3 rings (SSSR count). The highest BCUT2D eigenvalue weighted by atomic mass is 32.1. The standard InChI is InChI=1S/C21H27N3O4S/c1-3-27-18-8-6-5-7-17(18)20-23-16(14-29-20)13-19(25)22-15-9-11-24(12-10-15)21(26)28-4-2/h5-8,14-15H,3-4,9-13H2,1-2H3,(H,22,25). The third kappa shape index (κ3) is 5.69. The molecule has 0 atom stereocenters. The van der Waals surface area contributed by atoms with E-state index in [0.29, 0.717) is 26.3 Å². The van der Waals surface area contributed by atoms with E-state index in [9.17, 15) is 9.59 Å². The lowest BCUT2D eigenvalue weighted by molar-refractivity contribution is -0.121. The molecule has 1 N–H and O–H groups in total. The van der Waals surface area contributed by atoms with Gasteiger partial charge in [0.1, 0.15) is 10.8 Å². The van der Waals surface area contributed by atoms with Gasteiger partial charge in [-0.2, -0.15) is 0 Å². The van der Waals surface area contributed by atoms with Crippen LogP contribution in [0.5, 0.6) is 5.75 Å². The van der Waals surface area contributed by atoms with E-state index in [4.69, 9.17) is 9.47 Å². The predicted octanol–water partition coefficient (Wildman–Crippen LogP) is 3.49. The Bertz CT molecular complexity index is 831. The number of piperidine rings is 1. The highest BCUT2D eigenvalue weighted by Crippen LogP contribution is 2.32. The van der Waals surface area contributed by atoms with Gasteiger partial charge in [0.2, 0.25) is 5.91 Å². The molecular weight excluding hydrogens is 390 g/mol. The molecule has 1 fully saturated rings. The molecule has 156 valence electrons. The zero-order valence-electron chi connectivity index (χ0n) is 16.8. The van der Waals surface area contributed by atoms with Crippen molar-refractivity contribution in [2.24, 2.45) is 0 Å². The van der Waals surface area contributed by atoms with Crippen molar-refractivity contribution in [3.05, 3.63) is 35.3 Å². The molecule has 8 heteroatoms. The number of likely N-dealkylation sites (tertiary alicyclic amines) is 1. The molecule has 0 bridgehead atoms. The Balaban J connectivity index is 1.52. The second-order valence-corrected chi connectivity index (χ2v) is 7.64. The molecule has 1 aliphatic rings. The van der Waals surface area contributed by atoms with Crippen molar-refractivity contribution in [2.45, 2.75) is 39.2 Å². The predicted molar refractivity (Wildman–Crippen MR) is 112 cm³/mol. The smallest absolute Gasteiger partial charge is 0.409 e. The third-order valence-electron chi connectivity index (χ3n) is 4.70. The first-order valence-corrected chi connectivity index (χ1v) is 10.9. The SMILES string of the molecule is CCOC(=O)N1CCC(NC(=O)Cc2csc(-c3ccccc3OCC)n2)CC1. The van der Waals surface area contributed by atoms with Gasteiger partial charge in [-0.3, -0.25) is 4.79 Å². The maximum absolute atomic E-state index is 12.4. The normalized spacial score (nSPS) is 14.5. The van der Waals surface area contributed by atoms with Gasteiger partial charge < -0.3 is 19.7 Å². The van der Waals surface area contributed by atoms with Crippen LogP contribution in [-0.4, -0.2) is 54.2 Å². The number of ether oxygens (including phenoxy) is 2. The molecule has 0 spiro atoms. The largest absolute Gasteiger partial charge is 0.493 e. The molecule has 0 radical (unpaired) electrons. The first-order valence-electron chi connectivity index (χ1n) is 9.98. The molecule has 1 aliphatic heterocycles. The Hall–Kier alpha value is -2.61. The van der Waals surface area contributed by atoms with E-state index in [0.717, 1.165) is 34.9 Å². The minimum atomic E-state index is -0.278. The van der Waals surface area contributed by atoms with Gasteiger partial charge in [0, 0.05) is 24.5 Å². The summed E-state index contributed by atoms with van der Waals surface area (Å²) in [7, 11) is 0. The van der Waals surface area contributed by atoms with E-state index >= 15 is 0 Å². The minimum Gasteiger partial charge on any atom is -0.493 e. The molecule has 2 amide bonds. The lowest BCUT2D eigenvalue weighted by Crippen LogP contribution is -2.47. The molecule has 29 heavy (non-hydrogen) atoms. The molecule has 1 saturated heterocycles. The molecule has 2 aromatic rings. The van der Waals surface area contributed by atoms with Crippen LogP contribution in [0, 0.1) is 0 Å². The van der Waals surface area contributed by atoms with Crippen molar-refractivity contribution < 1.29 is 19.1 Å². The van der Waals surface area contributed by atoms with Gasteiger partial charge in [-0.25, -0.2) is 9.78 Å². The van der Waals surface area contributed by atoms with Crippen molar-refractivity contribution in [3.63, 3.8) is 0 Å². The van der Waals surface area contributed by atoms with E-state index in [1.54, 1.807) is 11.8 Å². The average Bonchev–Trinajstić information content (AvgIpc) is 3.17. The summed E-state index contributed by atoms with van der Waals surface area (Å²) >= 11 is 1.51. The number of aromatic nitrogens is 1. The summed E-state index contributed by atoms with van der Waals surface area (Å²) in [6.07, 6.45) is 1.42. The van der Waals surface area contributed by atoms with Crippen molar-refractivity contribution in [2.75, 3.05) is 26.3 Å². The van der Waals surface area contributed by atoms with E-state index in [-0.39, 0.29) is 24.5 Å². The number of hydrogen-bond acceptors (Lipinski definition) is 6. The summed E-state index contributed by atoms with van der Waals surface area (Å²) < 4.78 is 10.7. The van der Waals surface area contributed by atoms with Gasteiger partial charge in [0.05, 0.1) is 30.9 Å². The molecule has 0 unspecified atom stereocenters. The first kappa shape index (κ1) is 21.1. The van der Waals surface area contributed by atoms with E-state index in [1.807, 2.05) is 36.6 Å². The van der Waals surface area contributed by atoms with Crippen LogP contribution in [0.4, 0.5) is 4.79 Å². The molecule has 7 nitrogen and oxygen atoms in total. The zero-order chi connectivity index (χ0) is 20.6. The second kappa shape index (κ2) is 10.2. The van der Waals surface area contributed by atoms with Crippen molar-refractivity contribution in [1.82, 2.24) is 15.2 Å². The number of carbonyl (C=O) groups is 2. The van der Waals surface area contributed by atoms with Crippen LogP contribution in [0.15, 0.2) is 29.6 Å². The molecule has 0 aliphatic carbocycles. The Morgan fingerprint density at radius 1 is 1.21 bits per heavy atom. The number of thiazole rings is 1. The van der Waals surface area contributed by atoms with E-state index in [2.05, 4.69) is 10.3 Å². The van der Waals surface area contributed by atoms with E-state index in [1.165, 1.54) is 11.3 Å². The first-order chi connectivity index (χ1) is 14.1. The lowest BCUT2D eigenvalue weighted by atomic mass is 10.1. The summed E-state index contributed by atoms with van der Waals surface area (Å²) in [6.45, 7) is 5.90. The van der Waals surface area contributed by atoms with Gasteiger partial charge in [0.25, 0.3) is 0 Å². The van der Waals surface area contributed by atoms with Crippen LogP contribution >= 0.6 is 11.3 Å². The van der Waals surface area contributed by atoms with Gasteiger partial charge in [-0.05, 0) is 38.8 Å². The van der Waals surface area contributed by atoms with Crippen LogP contribution in [0.3, 0.4) is 0 Å². The van der Waals surface area contributed by atoms with Crippen LogP contribution in [0.25, 0.3) is 10.6 Å². The number of para-hydroxylation sites is 1. The fourth-order valence-electron chi connectivity index (χ4n) is 3.30. The zero-order valence-corrected chi connectivity index (χ0v) is 17.7. The molecule has 2 heterocycles. The van der Waals surface area contributed by atoms with Crippen LogP contribution < -0.4 is 10.1 Å². The maximum Gasteiger partial charge on any atom is 0.409 e. The minimum absolute atomic E-state index is 0.0467. The number of nitrogens with one attached hydrogen (secondary N) is 1. The number of amides is 2. The molecular formula is C21H27N3O4S. The van der Waals surface area contributed by atoms with Crippen molar-refractivity contribution in [3.8, 4) is 16.3 Å². The third-order valence-corrected chi connectivity index (χ3v) is 5.62. The Kier molecular flexibility index (Phi) is 7.46. The fraction of sp³-hybridized carbons (Fsp3) is 0.476. The summed E-state index contributed by atoms with van der Waals surface area (Å²) in [5, 5.41) is 5.83. The topological polar surface area (TPSA) is 80.8 Å². The highest BCUT2D eigenvalue weighted by Gasteiger charge is 2.24.